The summed E-state index contributed by atoms with van der Waals surface area (Å²) in [5.41, 5.74) is 0. The second-order valence-corrected chi connectivity index (χ2v) is 12.5. The fraction of sp³-hybridized carbons (Fsp3) is 0.656. The molecule has 0 aliphatic heterocycles. The number of phosphoric ester groups is 1. The van der Waals surface area contributed by atoms with E-state index in [2.05, 4.69) is 61.7 Å². The van der Waals surface area contributed by atoms with E-state index in [0.29, 0.717) is 23.9 Å². The first-order valence-corrected chi connectivity index (χ1v) is 16.6. The van der Waals surface area contributed by atoms with E-state index in [-0.39, 0.29) is 25.5 Å². The molecular formula is C32H57N2O6P. The Bertz CT molecular complexity index is 861. The van der Waals surface area contributed by atoms with E-state index in [4.69, 9.17) is 9.05 Å². The number of amides is 1. The maximum atomic E-state index is 12.5. The van der Waals surface area contributed by atoms with Crippen LogP contribution in [-0.2, 0) is 18.4 Å². The van der Waals surface area contributed by atoms with E-state index in [0.717, 1.165) is 51.4 Å². The third kappa shape index (κ3) is 26.8. The van der Waals surface area contributed by atoms with E-state index >= 15 is 0 Å². The highest BCUT2D eigenvalue weighted by atomic mass is 31.2. The first kappa shape index (κ1) is 39.2. The van der Waals surface area contributed by atoms with Crippen LogP contribution in [0.15, 0.2) is 60.8 Å². The van der Waals surface area contributed by atoms with Crippen LogP contribution in [0.4, 0.5) is 0 Å². The molecule has 0 saturated carbocycles. The topological polar surface area (TPSA) is 108 Å². The Morgan fingerprint density at radius 3 is 1.90 bits per heavy atom. The van der Waals surface area contributed by atoms with E-state index in [9.17, 15) is 19.4 Å². The van der Waals surface area contributed by atoms with Crippen molar-refractivity contribution in [3.8, 4) is 0 Å². The molecule has 9 heteroatoms. The van der Waals surface area contributed by atoms with Gasteiger partial charge in [-0.25, -0.2) is 0 Å². The van der Waals surface area contributed by atoms with Crippen LogP contribution in [0.3, 0.4) is 0 Å². The van der Waals surface area contributed by atoms with Gasteiger partial charge in [0.15, 0.2) is 0 Å². The van der Waals surface area contributed by atoms with Crippen molar-refractivity contribution in [1.29, 1.82) is 0 Å². The summed E-state index contributed by atoms with van der Waals surface area (Å²) in [5, 5.41) is 13.4. The number of quaternary nitrogens is 1. The van der Waals surface area contributed by atoms with Crippen molar-refractivity contribution >= 4 is 13.7 Å². The van der Waals surface area contributed by atoms with Crippen molar-refractivity contribution in [2.24, 2.45) is 0 Å². The highest BCUT2D eigenvalue weighted by Gasteiger charge is 2.24. The first-order valence-electron chi connectivity index (χ1n) is 15.1. The third-order valence-electron chi connectivity index (χ3n) is 6.05. The summed E-state index contributed by atoms with van der Waals surface area (Å²) < 4.78 is 22.8. The molecule has 0 aromatic heterocycles. The molecule has 1 amide bonds. The number of aliphatic hydroxyl groups is 1. The molecule has 0 heterocycles. The van der Waals surface area contributed by atoms with Gasteiger partial charge in [0.1, 0.15) is 13.2 Å². The lowest BCUT2D eigenvalue weighted by Crippen LogP contribution is -2.46. The summed E-state index contributed by atoms with van der Waals surface area (Å²) in [6.45, 7) is 4.33. The van der Waals surface area contributed by atoms with Gasteiger partial charge in [-0.05, 0) is 38.5 Å². The number of carbonyl (C=O) groups is 1. The Labute approximate surface area is 250 Å². The Kier molecular flexibility index (Phi) is 23.7. The minimum Gasteiger partial charge on any atom is -0.756 e. The molecule has 0 fully saturated rings. The quantitative estimate of drug-likeness (QED) is 0.0566. The van der Waals surface area contributed by atoms with E-state index in [1.807, 2.05) is 33.3 Å². The average Bonchev–Trinajstić information content (AvgIpc) is 2.90. The van der Waals surface area contributed by atoms with Gasteiger partial charge in [-0.15, -0.1) is 0 Å². The van der Waals surface area contributed by atoms with Crippen LogP contribution in [0.2, 0.25) is 0 Å². The molecule has 236 valence electrons. The number of aliphatic hydroxyl groups excluding tert-OH is 1. The predicted molar refractivity (Wildman–Crippen MR) is 168 cm³/mol. The molecule has 3 unspecified atom stereocenters. The third-order valence-corrected chi connectivity index (χ3v) is 7.01. The van der Waals surface area contributed by atoms with Crippen molar-refractivity contribution in [3.05, 3.63) is 60.8 Å². The summed E-state index contributed by atoms with van der Waals surface area (Å²) in [7, 11) is 1.22. The number of unbranched alkanes of at least 4 members (excludes halogenated alkanes) is 3. The van der Waals surface area contributed by atoms with Crippen molar-refractivity contribution < 1.29 is 32.9 Å². The van der Waals surface area contributed by atoms with E-state index < -0.39 is 20.0 Å². The standard InChI is InChI=1S/C32H57N2O6P/c1-6-8-10-12-13-14-15-16-17-18-19-20-21-22-24-26-32(36)33-30(31(35)25-23-11-9-7-2)29-40-41(37,38)39-28-27-34(3,4)5/h8,10,13-14,16-17,19-20,22,24,30-31,35H,6-7,9,11-12,15,18,21,23,25-29H2,1-5H3,(H-,33,36,37,38)/b10-8-,14-13-,17-16-,20-19-,24-22-. The van der Waals surface area contributed by atoms with Gasteiger partial charge >= 0.3 is 0 Å². The molecule has 0 aliphatic carbocycles. The molecule has 0 saturated heterocycles. The summed E-state index contributed by atoms with van der Waals surface area (Å²) in [5.74, 6) is -0.306. The maximum absolute atomic E-state index is 12.5. The normalized spacial score (nSPS) is 16.0. The van der Waals surface area contributed by atoms with Crippen LogP contribution in [0, 0.1) is 0 Å². The Hall–Kier alpha value is -1.80. The van der Waals surface area contributed by atoms with Gasteiger partial charge in [-0.1, -0.05) is 100 Å². The second-order valence-electron chi connectivity index (χ2n) is 11.1. The summed E-state index contributed by atoms with van der Waals surface area (Å²) in [6, 6.07) is -0.851. The van der Waals surface area contributed by atoms with Gasteiger partial charge in [0.25, 0.3) is 7.82 Å². The summed E-state index contributed by atoms with van der Waals surface area (Å²) in [6.07, 6.45) is 28.8. The average molecular weight is 597 g/mol. The van der Waals surface area contributed by atoms with Crippen LogP contribution in [0.25, 0.3) is 0 Å². The second kappa shape index (κ2) is 24.8. The van der Waals surface area contributed by atoms with Gasteiger partial charge in [0.2, 0.25) is 5.91 Å². The van der Waals surface area contributed by atoms with Gasteiger partial charge in [-0.2, -0.15) is 0 Å². The molecular weight excluding hydrogens is 539 g/mol. The van der Waals surface area contributed by atoms with Gasteiger partial charge in [0, 0.05) is 6.42 Å². The Morgan fingerprint density at radius 2 is 1.39 bits per heavy atom. The van der Waals surface area contributed by atoms with Crippen LogP contribution in [0.1, 0.15) is 84.5 Å². The van der Waals surface area contributed by atoms with Crippen molar-refractivity contribution in [2.45, 2.75) is 96.6 Å². The van der Waals surface area contributed by atoms with E-state index in [1.54, 1.807) is 6.08 Å². The summed E-state index contributed by atoms with van der Waals surface area (Å²) >= 11 is 0. The molecule has 0 spiro atoms. The molecule has 0 rings (SSSR count). The number of likely N-dealkylation sites (N-methyl/N-ethyl adjacent to an activating group) is 1. The van der Waals surface area contributed by atoms with Crippen LogP contribution < -0.4 is 10.2 Å². The predicted octanol–water partition coefficient (Wildman–Crippen LogP) is 6.15. The molecule has 0 aliphatic rings. The minimum atomic E-state index is -4.56. The van der Waals surface area contributed by atoms with Gasteiger partial charge in [0.05, 0.1) is 39.9 Å². The highest BCUT2D eigenvalue weighted by Crippen LogP contribution is 2.38. The lowest BCUT2D eigenvalue weighted by atomic mass is 10.0. The number of rotatable bonds is 25. The smallest absolute Gasteiger partial charge is 0.268 e. The molecule has 2 N–H and O–H groups in total. The number of nitrogens with one attached hydrogen (secondary N) is 1. The lowest BCUT2D eigenvalue weighted by molar-refractivity contribution is -0.870. The molecule has 0 radical (unpaired) electrons. The van der Waals surface area contributed by atoms with Crippen molar-refractivity contribution in [1.82, 2.24) is 5.32 Å². The van der Waals surface area contributed by atoms with Crippen LogP contribution in [0.5, 0.6) is 0 Å². The number of hydrogen-bond acceptors (Lipinski definition) is 6. The number of allylic oxidation sites excluding steroid dienone is 9. The Morgan fingerprint density at radius 1 is 0.854 bits per heavy atom. The number of carbonyl (C=O) groups excluding carboxylic acids is 1. The number of phosphoric acid groups is 1. The summed E-state index contributed by atoms with van der Waals surface area (Å²) in [4.78, 5) is 24.7. The minimum absolute atomic E-state index is 0.00898. The Balaban J connectivity index is 4.60. The zero-order valence-corrected chi connectivity index (χ0v) is 27.1. The first-order chi connectivity index (χ1) is 19.5. The molecule has 3 atom stereocenters. The van der Waals surface area contributed by atoms with Gasteiger partial charge in [-0.3, -0.25) is 9.36 Å². The molecule has 0 aromatic rings. The lowest BCUT2D eigenvalue weighted by Gasteiger charge is -2.30. The zero-order chi connectivity index (χ0) is 30.8. The fourth-order valence-electron chi connectivity index (χ4n) is 3.57. The van der Waals surface area contributed by atoms with Crippen molar-refractivity contribution in [3.63, 3.8) is 0 Å². The highest BCUT2D eigenvalue weighted by molar-refractivity contribution is 7.45. The fourth-order valence-corrected chi connectivity index (χ4v) is 4.30. The zero-order valence-electron chi connectivity index (χ0n) is 26.2. The number of nitrogens with zero attached hydrogens (tertiary/aromatic N) is 1. The number of hydrogen-bond donors (Lipinski definition) is 2. The largest absolute Gasteiger partial charge is 0.756 e. The monoisotopic (exact) mass is 596 g/mol. The molecule has 41 heavy (non-hydrogen) atoms. The molecule has 0 bridgehead atoms. The molecule has 8 nitrogen and oxygen atoms in total. The van der Waals surface area contributed by atoms with Crippen LogP contribution >= 0.6 is 7.82 Å². The maximum Gasteiger partial charge on any atom is 0.268 e. The molecule has 0 aromatic carbocycles. The van der Waals surface area contributed by atoms with Crippen LogP contribution in [-0.4, -0.2) is 68.5 Å². The van der Waals surface area contributed by atoms with Crippen molar-refractivity contribution in [2.75, 3.05) is 40.9 Å². The SMILES string of the molecule is CC/C=C\C/C=C\C/C=C\C/C=C\C/C=C\CC(=O)NC(COP(=O)([O-])OCC[N+](C)(C)C)C(O)CCCCCC. The van der Waals surface area contributed by atoms with Gasteiger partial charge < -0.3 is 28.8 Å². The van der Waals surface area contributed by atoms with E-state index in [1.165, 1.54) is 0 Å².